The largest absolute Gasteiger partial charge is 0.346 e. The Labute approximate surface area is 143 Å². The summed E-state index contributed by atoms with van der Waals surface area (Å²) in [5.41, 5.74) is 2.30. The second-order valence-electron chi connectivity index (χ2n) is 5.05. The Morgan fingerprint density at radius 3 is 2.62 bits per heavy atom. The summed E-state index contributed by atoms with van der Waals surface area (Å²) in [6.45, 7) is 4.16. The van der Waals surface area contributed by atoms with Gasteiger partial charge in [-0.3, -0.25) is 14.8 Å². The van der Waals surface area contributed by atoms with Crippen LogP contribution >= 0.6 is 11.3 Å². The predicted molar refractivity (Wildman–Crippen MR) is 90.5 cm³/mol. The number of nitrogens with zero attached hydrogens (tertiary/aromatic N) is 5. The Balaban J connectivity index is 1.76. The molecule has 0 aliphatic carbocycles. The maximum Gasteiger partial charge on any atom is 0.263 e. The number of thiazole rings is 1. The highest BCUT2D eigenvalue weighted by Crippen LogP contribution is 2.26. The topological polar surface area (TPSA) is 93.5 Å². The molecule has 0 aliphatic rings. The molecule has 3 rings (SSSR count). The van der Waals surface area contributed by atoms with Crippen LogP contribution in [0.4, 0.5) is 0 Å². The number of rotatable bonds is 5. The number of carbonyl (C=O) groups is 1. The van der Waals surface area contributed by atoms with Crippen molar-refractivity contribution in [2.45, 2.75) is 26.8 Å². The van der Waals surface area contributed by atoms with Crippen molar-refractivity contribution >= 4 is 17.2 Å². The highest BCUT2D eigenvalue weighted by molar-refractivity contribution is 7.17. The van der Waals surface area contributed by atoms with Crippen molar-refractivity contribution in [1.29, 1.82) is 0 Å². The number of hydrogen-bond donors (Lipinski definition) is 1. The third-order valence-corrected chi connectivity index (χ3v) is 4.35. The van der Waals surface area contributed by atoms with Gasteiger partial charge in [0.2, 0.25) is 0 Å². The molecule has 0 aromatic carbocycles. The molecule has 0 unspecified atom stereocenters. The fourth-order valence-corrected chi connectivity index (χ4v) is 3.05. The first-order valence-corrected chi connectivity index (χ1v) is 8.32. The molecule has 1 N–H and O–H groups in total. The van der Waals surface area contributed by atoms with Crippen LogP contribution in [0.3, 0.4) is 0 Å². The van der Waals surface area contributed by atoms with Gasteiger partial charge in [0.05, 0.1) is 29.8 Å². The summed E-state index contributed by atoms with van der Waals surface area (Å²) in [6, 6.07) is 1.74. The lowest BCUT2D eigenvalue weighted by molar-refractivity contribution is 0.0953. The minimum Gasteiger partial charge on any atom is -0.346 e. The Morgan fingerprint density at radius 2 is 1.96 bits per heavy atom. The molecule has 0 spiro atoms. The zero-order valence-electron chi connectivity index (χ0n) is 13.4. The zero-order valence-corrected chi connectivity index (χ0v) is 14.2. The molecule has 0 saturated carbocycles. The molecule has 0 radical (unpaired) electrons. The van der Waals surface area contributed by atoms with Crippen LogP contribution in [-0.2, 0) is 13.0 Å². The Kier molecular flexibility index (Phi) is 4.85. The maximum atomic E-state index is 12.5. The van der Waals surface area contributed by atoms with Gasteiger partial charge in [-0.25, -0.2) is 15.0 Å². The highest BCUT2D eigenvalue weighted by Gasteiger charge is 2.18. The Bertz CT molecular complexity index is 832. The van der Waals surface area contributed by atoms with Crippen molar-refractivity contribution in [2.24, 2.45) is 0 Å². The number of aromatic nitrogens is 5. The van der Waals surface area contributed by atoms with Gasteiger partial charge in [-0.15, -0.1) is 11.3 Å². The third kappa shape index (κ3) is 3.60. The molecular formula is C16H16N6OS. The van der Waals surface area contributed by atoms with Crippen LogP contribution in [0.5, 0.6) is 0 Å². The van der Waals surface area contributed by atoms with Gasteiger partial charge in [0.15, 0.2) is 10.8 Å². The molecule has 3 aromatic heterocycles. The Hall–Kier alpha value is -2.74. The molecule has 7 nitrogen and oxygen atoms in total. The van der Waals surface area contributed by atoms with E-state index in [2.05, 4.69) is 30.2 Å². The van der Waals surface area contributed by atoms with Crippen molar-refractivity contribution in [3.8, 4) is 10.8 Å². The first-order valence-electron chi connectivity index (χ1n) is 7.50. The molecule has 3 heterocycles. The van der Waals surface area contributed by atoms with Gasteiger partial charge in [0, 0.05) is 18.6 Å². The van der Waals surface area contributed by atoms with Crippen molar-refractivity contribution in [1.82, 2.24) is 30.2 Å². The number of nitrogens with one attached hydrogen (secondary N) is 1. The van der Waals surface area contributed by atoms with E-state index in [4.69, 9.17) is 0 Å². The standard InChI is InChI=1S/C16H16N6OS/c1-3-12-13(24-16(22-12)14-17-5-4-6-18-14)15(23)21-9-11-8-19-10(2)7-20-11/h4-8H,3,9H2,1-2H3,(H,21,23). The molecule has 8 heteroatoms. The Morgan fingerprint density at radius 1 is 1.17 bits per heavy atom. The van der Waals surface area contributed by atoms with Crippen molar-refractivity contribution in [3.63, 3.8) is 0 Å². The lowest BCUT2D eigenvalue weighted by Crippen LogP contribution is -2.23. The fourth-order valence-electron chi connectivity index (χ4n) is 2.04. The van der Waals surface area contributed by atoms with Crippen LogP contribution in [0.15, 0.2) is 30.9 Å². The summed E-state index contributed by atoms with van der Waals surface area (Å²) < 4.78 is 0. The van der Waals surface area contributed by atoms with E-state index >= 15 is 0 Å². The molecule has 3 aromatic rings. The fraction of sp³-hybridized carbons (Fsp3) is 0.250. The SMILES string of the molecule is CCc1nc(-c2ncccn2)sc1C(=O)NCc1cnc(C)cn1. The molecule has 0 atom stereocenters. The maximum absolute atomic E-state index is 12.5. The summed E-state index contributed by atoms with van der Waals surface area (Å²) in [6.07, 6.45) is 7.31. The molecule has 0 aliphatic heterocycles. The van der Waals surface area contributed by atoms with Gasteiger partial charge in [-0.2, -0.15) is 0 Å². The first-order chi connectivity index (χ1) is 11.7. The minimum absolute atomic E-state index is 0.172. The van der Waals surface area contributed by atoms with Crippen LogP contribution in [0.1, 0.15) is 33.7 Å². The van der Waals surface area contributed by atoms with Crippen LogP contribution in [0.2, 0.25) is 0 Å². The third-order valence-electron chi connectivity index (χ3n) is 3.26. The van der Waals surface area contributed by atoms with Crippen molar-refractivity contribution < 1.29 is 4.79 Å². The van der Waals surface area contributed by atoms with Gasteiger partial charge >= 0.3 is 0 Å². The molecule has 1 amide bonds. The second kappa shape index (κ2) is 7.22. The number of hydrogen-bond acceptors (Lipinski definition) is 7. The summed E-state index contributed by atoms with van der Waals surface area (Å²) in [7, 11) is 0. The van der Waals surface area contributed by atoms with Crippen LogP contribution in [-0.4, -0.2) is 30.8 Å². The molecule has 122 valence electrons. The van der Waals surface area contributed by atoms with Gasteiger partial charge in [-0.05, 0) is 19.4 Å². The molecule has 0 fully saturated rings. The van der Waals surface area contributed by atoms with Crippen LogP contribution in [0, 0.1) is 6.92 Å². The van der Waals surface area contributed by atoms with Crippen LogP contribution < -0.4 is 5.32 Å². The average molecular weight is 340 g/mol. The lowest BCUT2D eigenvalue weighted by atomic mass is 10.3. The molecule has 24 heavy (non-hydrogen) atoms. The smallest absolute Gasteiger partial charge is 0.263 e. The molecular weight excluding hydrogens is 324 g/mol. The second-order valence-corrected chi connectivity index (χ2v) is 6.05. The van der Waals surface area contributed by atoms with Gasteiger partial charge in [0.1, 0.15) is 4.88 Å². The van der Waals surface area contributed by atoms with Gasteiger partial charge < -0.3 is 5.32 Å². The molecule has 0 saturated heterocycles. The van der Waals surface area contributed by atoms with E-state index in [1.807, 2.05) is 13.8 Å². The lowest BCUT2D eigenvalue weighted by Gasteiger charge is -2.04. The van der Waals surface area contributed by atoms with E-state index in [0.717, 1.165) is 11.4 Å². The number of amides is 1. The quantitative estimate of drug-likeness (QED) is 0.765. The summed E-state index contributed by atoms with van der Waals surface area (Å²) in [5.74, 6) is 0.356. The zero-order chi connectivity index (χ0) is 16.9. The summed E-state index contributed by atoms with van der Waals surface area (Å²) in [5, 5.41) is 3.51. The van der Waals surface area contributed by atoms with E-state index in [1.54, 1.807) is 30.9 Å². The summed E-state index contributed by atoms with van der Waals surface area (Å²) in [4.78, 5) is 34.3. The van der Waals surface area contributed by atoms with E-state index in [0.29, 0.717) is 34.4 Å². The number of aryl methyl sites for hydroxylation is 2. The van der Waals surface area contributed by atoms with Crippen molar-refractivity contribution in [2.75, 3.05) is 0 Å². The minimum atomic E-state index is -0.172. The van der Waals surface area contributed by atoms with E-state index in [-0.39, 0.29) is 5.91 Å². The predicted octanol–water partition coefficient (Wildman–Crippen LogP) is 2.19. The van der Waals surface area contributed by atoms with Crippen LogP contribution in [0.25, 0.3) is 10.8 Å². The van der Waals surface area contributed by atoms with E-state index < -0.39 is 0 Å². The summed E-state index contributed by atoms with van der Waals surface area (Å²) >= 11 is 1.30. The molecule has 0 bridgehead atoms. The average Bonchev–Trinajstić information content (AvgIpc) is 3.06. The number of carbonyl (C=O) groups excluding carboxylic acids is 1. The highest BCUT2D eigenvalue weighted by atomic mass is 32.1. The van der Waals surface area contributed by atoms with E-state index in [9.17, 15) is 4.79 Å². The van der Waals surface area contributed by atoms with Crippen molar-refractivity contribution in [3.05, 3.63) is 52.8 Å². The van der Waals surface area contributed by atoms with Gasteiger partial charge in [0.25, 0.3) is 5.91 Å². The normalized spacial score (nSPS) is 10.6. The van der Waals surface area contributed by atoms with E-state index in [1.165, 1.54) is 11.3 Å². The van der Waals surface area contributed by atoms with Gasteiger partial charge in [-0.1, -0.05) is 6.92 Å². The first kappa shape index (κ1) is 16.1. The monoisotopic (exact) mass is 340 g/mol.